The zero-order valence-electron chi connectivity index (χ0n) is 9.79. The number of carbonyl (C=O) groups is 1. The van der Waals surface area contributed by atoms with Gasteiger partial charge in [-0.25, -0.2) is 0 Å². The van der Waals surface area contributed by atoms with Gasteiger partial charge in [-0.05, 0) is 40.8 Å². The Morgan fingerprint density at radius 1 is 1.06 bits per heavy atom. The van der Waals surface area contributed by atoms with Crippen LogP contribution in [0.3, 0.4) is 0 Å². The molecule has 0 saturated carbocycles. The molecule has 2 rings (SSSR count). The molecule has 0 saturated heterocycles. The number of fused-ring (bicyclic) bond motifs is 1. The molecule has 0 atom stereocenters. The molecule has 0 aromatic heterocycles. The van der Waals surface area contributed by atoms with Gasteiger partial charge in [-0.3, -0.25) is 4.79 Å². The molecule has 0 spiro atoms. The Morgan fingerprint density at radius 2 is 1.88 bits per heavy atom. The summed E-state index contributed by atoms with van der Waals surface area (Å²) < 4.78 is 0. The summed E-state index contributed by atoms with van der Waals surface area (Å²) in [7, 11) is 0. The molecule has 0 heterocycles. The fraction of sp³-hybridized carbons (Fsp3) is 0.267. The predicted molar refractivity (Wildman–Crippen MR) is 68.1 cm³/mol. The van der Waals surface area contributed by atoms with Gasteiger partial charge in [0.2, 0.25) is 0 Å². The van der Waals surface area contributed by atoms with Crippen LogP contribution in [0.4, 0.5) is 0 Å². The fourth-order valence-electron chi connectivity index (χ4n) is 2.09. The quantitative estimate of drug-likeness (QED) is 0.708. The van der Waals surface area contributed by atoms with Gasteiger partial charge in [0.05, 0.1) is 0 Å². The summed E-state index contributed by atoms with van der Waals surface area (Å²) >= 11 is 0. The van der Waals surface area contributed by atoms with Crippen LogP contribution in [0.15, 0.2) is 30.3 Å². The van der Waals surface area contributed by atoms with Crippen molar-refractivity contribution in [1.82, 2.24) is 0 Å². The summed E-state index contributed by atoms with van der Waals surface area (Å²) in [6.45, 7) is 4.32. The average Bonchev–Trinajstić information content (AvgIpc) is 2.36. The van der Waals surface area contributed by atoms with Crippen LogP contribution in [0.5, 0.6) is 0 Å². The van der Waals surface area contributed by atoms with Crippen molar-refractivity contribution in [2.24, 2.45) is 0 Å². The van der Waals surface area contributed by atoms with Crippen LogP contribution >= 0.6 is 0 Å². The van der Waals surface area contributed by atoms with Crippen molar-refractivity contribution in [3.8, 4) is 0 Å². The predicted octanol–water partition coefficient (Wildman–Crippen LogP) is 3.78. The first-order valence-corrected chi connectivity index (χ1v) is 5.79. The van der Waals surface area contributed by atoms with E-state index in [1.165, 1.54) is 21.9 Å². The number of hydrogen-bond acceptors (Lipinski definition) is 1. The molecule has 0 aliphatic carbocycles. The van der Waals surface area contributed by atoms with Crippen molar-refractivity contribution >= 4 is 17.1 Å². The van der Waals surface area contributed by atoms with Gasteiger partial charge in [0.25, 0.3) is 0 Å². The van der Waals surface area contributed by atoms with Crippen molar-refractivity contribution in [2.75, 3.05) is 0 Å². The van der Waals surface area contributed by atoms with E-state index in [0.717, 1.165) is 24.7 Å². The van der Waals surface area contributed by atoms with E-state index in [2.05, 4.69) is 26.0 Å². The van der Waals surface area contributed by atoms with Gasteiger partial charge in [-0.1, -0.05) is 38.1 Å². The normalized spacial score (nSPS) is 10.6. The third kappa shape index (κ3) is 1.85. The van der Waals surface area contributed by atoms with Crippen LogP contribution in [-0.4, -0.2) is 6.29 Å². The Bertz CT molecular complexity index is 526. The topological polar surface area (TPSA) is 17.1 Å². The Labute approximate surface area is 96.1 Å². The van der Waals surface area contributed by atoms with E-state index in [4.69, 9.17) is 0 Å². The molecule has 1 nitrogen and oxygen atoms in total. The van der Waals surface area contributed by atoms with Crippen molar-refractivity contribution in [1.29, 1.82) is 0 Å². The number of rotatable bonds is 3. The lowest BCUT2D eigenvalue weighted by Crippen LogP contribution is -1.90. The number of hydrogen-bond donors (Lipinski definition) is 0. The largest absolute Gasteiger partial charge is 0.298 e. The molecule has 2 aromatic carbocycles. The number of carbonyl (C=O) groups excluding carboxylic acids is 1. The zero-order chi connectivity index (χ0) is 11.5. The monoisotopic (exact) mass is 212 g/mol. The van der Waals surface area contributed by atoms with Crippen LogP contribution in [0, 0.1) is 0 Å². The van der Waals surface area contributed by atoms with Crippen LogP contribution < -0.4 is 0 Å². The minimum atomic E-state index is 0.756. The van der Waals surface area contributed by atoms with Crippen molar-refractivity contribution in [3.63, 3.8) is 0 Å². The van der Waals surface area contributed by atoms with E-state index in [-0.39, 0.29) is 0 Å². The van der Waals surface area contributed by atoms with Crippen molar-refractivity contribution in [3.05, 3.63) is 47.0 Å². The van der Waals surface area contributed by atoms with E-state index in [0.29, 0.717) is 0 Å². The summed E-state index contributed by atoms with van der Waals surface area (Å²) in [5.74, 6) is 0. The van der Waals surface area contributed by atoms with Crippen LogP contribution in [-0.2, 0) is 12.8 Å². The van der Waals surface area contributed by atoms with Gasteiger partial charge in [0, 0.05) is 5.56 Å². The molecule has 2 aromatic rings. The first-order chi connectivity index (χ1) is 7.78. The molecular formula is C15H16O. The summed E-state index contributed by atoms with van der Waals surface area (Å²) in [6, 6.07) is 10.4. The number of benzene rings is 2. The average molecular weight is 212 g/mol. The first kappa shape index (κ1) is 10.9. The van der Waals surface area contributed by atoms with Crippen molar-refractivity contribution < 1.29 is 4.79 Å². The lowest BCUT2D eigenvalue weighted by Gasteiger charge is -2.08. The van der Waals surface area contributed by atoms with Crippen LogP contribution in [0.2, 0.25) is 0 Å². The Hall–Kier alpha value is -1.63. The van der Waals surface area contributed by atoms with Crippen LogP contribution in [0.25, 0.3) is 10.8 Å². The van der Waals surface area contributed by atoms with Crippen molar-refractivity contribution in [2.45, 2.75) is 26.7 Å². The van der Waals surface area contributed by atoms with Gasteiger partial charge in [-0.2, -0.15) is 0 Å². The minimum absolute atomic E-state index is 0.756. The molecule has 0 N–H and O–H groups in total. The molecular weight excluding hydrogens is 196 g/mol. The van der Waals surface area contributed by atoms with E-state index in [9.17, 15) is 4.79 Å². The van der Waals surface area contributed by atoms with Gasteiger partial charge in [0.1, 0.15) is 6.29 Å². The second-order valence-corrected chi connectivity index (χ2v) is 4.06. The summed E-state index contributed by atoms with van der Waals surface area (Å²) in [5, 5.41) is 2.45. The zero-order valence-corrected chi connectivity index (χ0v) is 9.79. The van der Waals surface area contributed by atoms with E-state index in [1.54, 1.807) is 0 Å². The minimum Gasteiger partial charge on any atom is -0.298 e. The fourth-order valence-corrected chi connectivity index (χ4v) is 2.09. The molecule has 0 bridgehead atoms. The highest BCUT2D eigenvalue weighted by Gasteiger charge is 2.03. The second kappa shape index (κ2) is 4.48. The molecule has 0 aliphatic rings. The third-order valence-electron chi connectivity index (χ3n) is 3.05. The Kier molecular flexibility index (Phi) is 3.04. The molecule has 0 unspecified atom stereocenters. The maximum Gasteiger partial charge on any atom is 0.150 e. The van der Waals surface area contributed by atoms with Gasteiger partial charge < -0.3 is 0 Å². The standard InChI is InChI=1S/C15H16O/c1-3-11-7-13(4-2)15-9-12(10-16)5-6-14(15)8-11/h5-10H,3-4H2,1-2H3. The molecule has 82 valence electrons. The van der Waals surface area contributed by atoms with Gasteiger partial charge in [0.15, 0.2) is 0 Å². The summed E-state index contributed by atoms with van der Waals surface area (Å²) in [4.78, 5) is 10.8. The lowest BCUT2D eigenvalue weighted by molar-refractivity contribution is 0.112. The highest BCUT2D eigenvalue weighted by atomic mass is 16.1. The maximum absolute atomic E-state index is 10.8. The molecule has 0 radical (unpaired) electrons. The maximum atomic E-state index is 10.8. The van der Waals surface area contributed by atoms with E-state index < -0.39 is 0 Å². The smallest absolute Gasteiger partial charge is 0.150 e. The second-order valence-electron chi connectivity index (χ2n) is 4.06. The lowest BCUT2D eigenvalue weighted by atomic mass is 9.97. The first-order valence-electron chi connectivity index (χ1n) is 5.79. The Morgan fingerprint density at radius 3 is 2.50 bits per heavy atom. The number of aldehydes is 1. The summed E-state index contributed by atoms with van der Waals surface area (Å²) in [5.41, 5.74) is 3.45. The molecule has 0 fully saturated rings. The van der Waals surface area contributed by atoms with E-state index >= 15 is 0 Å². The summed E-state index contributed by atoms with van der Waals surface area (Å²) in [6.07, 6.45) is 2.97. The molecule has 0 aliphatic heterocycles. The molecule has 1 heteroatoms. The van der Waals surface area contributed by atoms with Gasteiger partial charge in [-0.15, -0.1) is 0 Å². The third-order valence-corrected chi connectivity index (χ3v) is 3.05. The SMILES string of the molecule is CCc1cc(CC)c2cc(C=O)ccc2c1. The van der Waals surface area contributed by atoms with Crippen LogP contribution in [0.1, 0.15) is 35.3 Å². The Balaban J connectivity index is 2.73. The highest BCUT2D eigenvalue weighted by molar-refractivity contribution is 5.91. The molecule has 16 heavy (non-hydrogen) atoms. The van der Waals surface area contributed by atoms with E-state index in [1.807, 2.05) is 18.2 Å². The number of aryl methyl sites for hydroxylation is 2. The highest BCUT2D eigenvalue weighted by Crippen LogP contribution is 2.23. The van der Waals surface area contributed by atoms with Gasteiger partial charge >= 0.3 is 0 Å². The molecule has 0 amide bonds.